The van der Waals surface area contributed by atoms with E-state index in [2.05, 4.69) is 30.5 Å². The van der Waals surface area contributed by atoms with E-state index in [0.717, 1.165) is 16.8 Å². The second kappa shape index (κ2) is 5.71. The normalized spacial score (nSPS) is 11.1. The molecular weight excluding hydrogens is 288 g/mol. The van der Waals surface area contributed by atoms with Gasteiger partial charge in [-0.25, -0.2) is 4.98 Å². The minimum absolute atomic E-state index is 0.344. The first kappa shape index (κ1) is 13.3. The molecule has 3 rings (SSSR count). The van der Waals surface area contributed by atoms with Crippen molar-refractivity contribution in [3.63, 3.8) is 0 Å². The zero-order valence-electron chi connectivity index (χ0n) is 11.1. The summed E-state index contributed by atoms with van der Waals surface area (Å²) in [6.07, 6.45) is 3.25. The Labute approximate surface area is 125 Å². The van der Waals surface area contributed by atoms with Crippen LogP contribution in [0.15, 0.2) is 35.7 Å². The van der Waals surface area contributed by atoms with Crippen LogP contribution in [0.5, 0.6) is 5.75 Å². The molecule has 0 saturated carbocycles. The number of benzene rings is 1. The number of anilines is 1. The van der Waals surface area contributed by atoms with E-state index in [1.807, 2.05) is 24.3 Å². The van der Waals surface area contributed by atoms with Gasteiger partial charge in [-0.1, -0.05) is 0 Å². The first-order valence-corrected chi connectivity index (χ1v) is 6.53. The third-order valence-corrected chi connectivity index (χ3v) is 3.01. The summed E-state index contributed by atoms with van der Waals surface area (Å²) in [5.41, 5.74) is 5.10. The van der Waals surface area contributed by atoms with Gasteiger partial charge in [0.15, 0.2) is 11.5 Å². The van der Waals surface area contributed by atoms with Crippen LogP contribution in [0.3, 0.4) is 0 Å². The monoisotopic (exact) mass is 300 g/mol. The van der Waals surface area contributed by atoms with Gasteiger partial charge in [0, 0.05) is 0 Å². The second-order valence-electron chi connectivity index (χ2n) is 4.16. The summed E-state index contributed by atoms with van der Waals surface area (Å²) in [6, 6.07) is 7.55. The van der Waals surface area contributed by atoms with E-state index in [1.54, 1.807) is 19.7 Å². The molecule has 21 heavy (non-hydrogen) atoms. The average molecular weight is 300 g/mol. The maximum Gasteiger partial charge on any atom is 0.200 e. The summed E-state index contributed by atoms with van der Waals surface area (Å²) in [4.78, 5) is 14.1. The number of hydrogen-bond acceptors (Lipinski definition) is 6. The molecule has 0 unspecified atom stereocenters. The molecule has 0 atom stereocenters. The topological polar surface area (TPSA) is 91.0 Å². The quantitative estimate of drug-likeness (QED) is 0.391. The standard InChI is InChI=1S/C13H12N6OS/c1-20-9-4-2-8(3-5-9)6-16-19-12-10-11(15-7-14-10)17-13(21)18-12/h2-7H,1H3,(H3,14,15,17,18,19,21)/b16-6+. The molecule has 0 saturated heterocycles. The van der Waals surface area contributed by atoms with Crippen molar-refractivity contribution in [2.45, 2.75) is 0 Å². The van der Waals surface area contributed by atoms with Gasteiger partial charge in [-0.2, -0.15) is 10.1 Å². The first-order valence-electron chi connectivity index (χ1n) is 6.13. The lowest BCUT2D eigenvalue weighted by Gasteiger charge is -2.02. The van der Waals surface area contributed by atoms with Gasteiger partial charge in [0.1, 0.15) is 11.3 Å². The van der Waals surface area contributed by atoms with Crippen LogP contribution in [0.25, 0.3) is 11.2 Å². The Balaban J connectivity index is 1.80. The molecule has 7 nitrogen and oxygen atoms in total. The Hall–Kier alpha value is -2.74. The number of ether oxygens (including phenoxy) is 1. The lowest BCUT2D eigenvalue weighted by molar-refractivity contribution is 0.415. The first-order chi connectivity index (χ1) is 10.3. The predicted molar refractivity (Wildman–Crippen MR) is 83.3 cm³/mol. The number of hydrogen-bond donors (Lipinski definition) is 3. The minimum atomic E-state index is 0.344. The zero-order valence-corrected chi connectivity index (χ0v) is 11.9. The predicted octanol–water partition coefficient (Wildman–Crippen LogP) is 2.47. The van der Waals surface area contributed by atoms with Crippen molar-refractivity contribution < 1.29 is 4.74 Å². The minimum Gasteiger partial charge on any atom is -0.497 e. The van der Waals surface area contributed by atoms with Gasteiger partial charge in [-0.05, 0) is 42.0 Å². The molecule has 0 amide bonds. The maximum atomic E-state index is 5.10. The van der Waals surface area contributed by atoms with E-state index in [-0.39, 0.29) is 0 Å². The highest BCUT2D eigenvalue weighted by molar-refractivity contribution is 7.71. The lowest BCUT2D eigenvalue weighted by atomic mass is 10.2. The van der Waals surface area contributed by atoms with Crippen molar-refractivity contribution in [3.05, 3.63) is 40.9 Å². The van der Waals surface area contributed by atoms with E-state index in [0.29, 0.717) is 16.2 Å². The summed E-state index contributed by atoms with van der Waals surface area (Å²) in [5, 5.41) is 4.17. The third kappa shape index (κ3) is 2.90. The van der Waals surface area contributed by atoms with Crippen LogP contribution in [0.2, 0.25) is 0 Å². The number of aromatic amines is 2. The molecule has 3 aromatic rings. The van der Waals surface area contributed by atoms with Crippen LogP contribution in [0.4, 0.5) is 5.82 Å². The van der Waals surface area contributed by atoms with Gasteiger partial charge in [-0.15, -0.1) is 0 Å². The zero-order chi connectivity index (χ0) is 14.7. The van der Waals surface area contributed by atoms with Crippen molar-refractivity contribution in [2.75, 3.05) is 12.5 Å². The van der Waals surface area contributed by atoms with E-state index in [4.69, 9.17) is 17.0 Å². The number of nitrogens with zero attached hydrogens (tertiary/aromatic N) is 3. The second-order valence-corrected chi connectivity index (χ2v) is 4.55. The molecule has 0 aliphatic carbocycles. The van der Waals surface area contributed by atoms with Crippen LogP contribution in [-0.4, -0.2) is 33.3 Å². The van der Waals surface area contributed by atoms with Gasteiger partial charge < -0.3 is 14.7 Å². The van der Waals surface area contributed by atoms with Crippen LogP contribution in [0, 0.1) is 4.77 Å². The van der Waals surface area contributed by atoms with Gasteiger partial charge in [0.05, 0.1) is 19.7 Å². The molecule has 8 heteroatoms. The van der Waals surface area contributed by atoms with E-state index in [9.17, 15) is 0 Å². The number of fused-ring (bicyclic) bond motifs is 1. The largest absolute Gasteiger partial charge is 0.497 e. The molecule has 0 spiro atoms. The van der Waals surface area contributed by atoms with Crippen molar-refractivity contribution in [1.82, 2.24) is 19.9 Å². The van der Waals surface area contributed by atoms with E-state index in [1.165, 1.54) is 0 Å². The molecule has 0 fully saturated rings. The van der Waals surface area contributed by atoms with E-state index < -0.39 is 0 Å². The molecule has 3 N–H and O–H groups in total. The maximum absolute atomic E-state index is 5.10. The number of H-pyrrole nitrogens is 2. The fourth-order valence-electron chi connectivity index (χ4n) is 1.79. The van der Waals surface area contributed by atoms with Gasteiger partial charge in [0.2, 0.25) is 4.77 Å². The molecule has 0 aliphatic heterocycles. The Morgan fingerprint density at radius 3 is 2.90 bits per heavy atom. The summed E-state index contributed by atoms with van der Waals surface area (Å²) in [7, 11) is 1.63. The highest BCUT2D eigenvalue weighted by Gasteiger charge is 2.04. The Bertz CT molecular complexity index is 836. The summed E-state index contributed by atoms with van der Waals surface area (Å²) in [6.45, 7) is 0. The van der Waals surface area contributed by atoms with Crippen molar-refractivity contribution >= 4 is 35.4 Å². The number of hydrazone groups is 1. The smallest absolute Gasteiger partial charge is 0.200 e. The summed E-state index contributed by atoms with van der Waals surface area (Å²) >= 11 is 5.04. The third-order valence-electron chi connectivity index (χ3n) is 2.81. The van der Waals surface area contributed by atoms with Crippen LogP contribution in [-0.2, 0) is 0 Å². The summed E-state index contributed by atoms with van der Waals surface area (Å²) < 4.78 is 5.44. The fourth-order valence-corrected chi connectivity index (χ4v) is 1.98. The number of methoxy groups -OCH3 is 1. The van der Waals surface area contributed by atoms with Gasteiger partial charge in [0.25, 0.3) is 0 Å². The SMILES string of the molecule is COc1ccc(/C=N/Nc2[nH]c(=S)nc3nc[nH]c23)cc1. The average Bonchev–Trinajstić information content (AvgIpc) is 2.96. The molecule has 2 heterocycles. The van der Waals surface area contributed by atoms with E-state index >= 15 is 0 Å². The number of rotatable bonds is 4. The molecule has 2 aromatic heterocycles. The molecular formula is C13H12N6OS. The number of aromatic nitrogens is 4. The van der Waals surface area contributed by atoms with Crippen LogP contribution in [0.1, 0.15) is 5.56 Å². The fraction of sp³-hybridized carbons (Fsp3) is 0.0769. The highest BCUT2D eigenvalue weighted by atomic mass is 32.1. The van der Waals surface area contributed by atoms with Gasteiger partial charge >= 0.3 is 0 Å². The number of imidazole rings is 1. The molecule has 0 radical (unpaired) electrons. The van der Waals surface area contributed by atoms with Crippen LogP contribution < -0.4 is 10.2 Å². The van der Waals surface area contributed by atoms with Crippen molar-refractivity contribution in [2.24, 2.45) is 5.10 Å². The summed E-state index contributed by atoms with van der Waals surface area (Å²) in [5.74, 6) is 1.42. The van der Waals surface area contributed by atoms with Crippen molar-refractivity contribution in [1.29, 1.82) is 0 Å². The van der Waals surface area contributed by atoms with Crippen LogP contribution >= 0.6 is 12.2 Å². The van der Waals surface area contributed by atoms with Crippen molar-refractivity contribution in [3.8, 4) is 5.75 Å². The highest BCUT2D eigenvalue weighted by Crippen LogP contribution is 2.15. The molecule has 1 aromatic carbocycles. The lowest BCUT2D eigenvalue weighted by Crippen LogP contribution is -1.97. The van der Waals surface area contributed by atoms with Gasteiger partial charge in [-0.3, -0.25) is 5.43 Å². The molecule has 106 valence electrons. The number of nitrogens with one attached hydrogen (secondary N) is 3. The Morgan fingerprint density at radius 1 is 1.33 bits per heavy atom. The Morgan fingerprint density at radius 2 is 2.14 bits per heavy atom. The molecule has 0 bridgehead atoms. The Kier molecular flexibility index (Phi) is 3.61. The molecule has 0 aliphatic rings.